The Hall–Kier alpha value is -1.89. The molecular formula is C14H16FN3O2S. The zero-order valence-electron chi connectivity index (χ0n) is 11.8. The summed E-state index contributed by atoms with van der Waals surface area (Å²) < 4.78 is 39.4. The van der Waals surface area contributed by atoms with Crippen molar-refractivity contribution in [1.29, 1.82) is 0 Å². The topological polar surface area (TPSA) is 64.0 Å². The fourth-order valence-corrected chi connectivity index (χ4v) is 4.29. The van der Waals surface area contributed by atoms with Gasteiger partial charge in [0.25, 0.3) is 0 Å². The summed E-state index contributed by atoms with van der Waals surface area (Å²) >= 11 is 0. The molecule has 3 rings (SSSR count). The molecule has 0 amide bonds. The van der Waals surface area contributed by atoms with E-state index in [1.165, 1.54) is 18.2 Å². The van der Waals surface area contributed by atoms with Gasteiger partial charge in [-0.25, -0.2) is 12.8 Å². The zero-order chi connectivity index (χ0) is 15.2. The lowest BCUT2D eigenvalue weighted by Crippen LogP contribution is -2.25. The fourth-order valence-electron chi connectivity index (χ4n) is 2.69. The van der Waals surface area contributed by atoms with E-state index in [0.29, 0.717) is 12.0 Å². The van der Waals surface area contributed by atoms with Crippen LogP contribution in [0.4, 0.5) is 10.1 Å². The van der Waals surface area contributed by atoms with Gasteiger partial charge in [-0.05, 0) is 37.1 Å². The second-order valence-corrected chi connectivity index (χ2v) is 7.37. The molecule has 2 heterocycles. The van der Waals surface area contributed by atoms with Gasteiger partial charge in [0.1, 0.15) is 5.82 Å². The lowest BCUT2D eigenvalue weighted by Gasteiger charge is -2.26. The number of nitrogens with zero attached hydrogens (tertiary/aromatic N) is 2. The second kappa shape index (κ2) is 4.84. The van der Waals surface area contributed by atoms with Gasteiger partial charge in [-0.1, -0.05) is 0 Å². The minimum absolute atomic E-state index is 0.0581. The first kappa shape index (κ1) is 14.1. The van der Waals surface area contributed by atoms with Crippen molar-refractivity contribution in [3.63, 3.8) is 0 Å². The van der Waals surface area contributed by atoms with Crippen molar-refractivity contribution in [3.05, 3.63) is 41.5 Å². The first-order valence-electron chi connectivity index (χ1n) is 6.66. The molecule has 1 aromatic heterocycles. The Bertz CT molecular complexity index is 799. The highest BCUT2D eigenvalue weighted by molar-refractivity contribution is 7.91. The zero-order valence-corrected chi connectivity index (χ0v) is 12.6. The Labute approximate surface area is 122 Å². The number of anilines is 1. The lowest BCUT2D eigenvalue weighted by molar-refractivity contribution is 0.570. The summed E-state index contributed by atoms with van der Waals surface area (Å²) in [4.78, 5) is 0.217. The van der Waals surface area contributed by atoms with Crippen molar-refractivity contribution < 1.29 is 12.8 Å². The van der Waals surface area contributed by atoms with Crippen LogP contribution >= 0.6 is 0 Å². The van der Waals surface area contributed by atoms with Crippen molar-refractivity contribution in [1.82, 2.24) is 9.78 Å². The number of sulfone groups is 1. The molecule has 1 N–H and O–H groups in total. The van der Waals surface area contributed by atoms with E-state index in [0.717, 1.165) is 11.4 Å². The molecule has 0 fully saturated rings. The molecule has 0 spiro atoms. The van der Waals surface area contributed by atoms with Crippen LogP contribution in [0.1, 0.15) is 23.7 Å². The normalized spacial score (nSPS) is 20.0. The van der Waals surface area contributed by atoms with Crippen LogP contribution < -0.4 is 5.32 Å². The number of rotatable bonds is 2. The van der Waals surface area contributed by atoms with E-state index < -0.39 is 15.7 Å². The van der Waals surface area contributed by atoms with Crippen LogP contribution in [0.5, 0.6) is 0 Å². The van der Waals surface area contributed by atoms with Crippen molar-refractivity contribution >= 4 is 15.5 Å². The molecule has 1 unspecified atom stereocenters. The van der Waals surface area contributed by atoms with Crippen LogP contribution in [-0.2, 0) is 16.9 Å². The summed E-state index contributed by atoms with van der Waals surface area (Å²) in [5.41, 5.74) is 2.14. The van der Waals surface area contributed by atoms with Crippen molar-refractivity contribution in [2.24, 2.45) is 7.05 Å². The average molecular weight is 309 g/mol. The smallest absolute Gasteiger partial charge is 0.178 e. The van der Waals surface area contributed by atoms with Crippen LogP contribution in [0.25, 0.3) is 0 Å². The third-order valence-electron chi connectivity index (χ3n) is 3.70. The van der Waals surface area contributed by atoms with E-state index in [9.17, 15) is 12.8 Å². The Balaban J connectivity index is 2.02. The monoisotopic (exact) mass is 309 g/mol. The minimum atomic E-state index is -3.32. The number of benzene rings is 1. The molecule has 2 aromatic rings. The number of nitrogens with one attached hydrogen (secondary N) is 1. The second-order valence-electron chi connectivity index (χ2n) is 5.29. The van der Waals surface area contributed by atoms with E-state index in [1.807, 2.05) is 20.2 Å². The molecule has 0 saturated heterocycles. The first-order chi connectivity index (χ1) is 9.87. The van der Waals surface area contributed by atoms with Crippen LogP contribution in [-0.4, -0.2) is 24.0 Å². The maximum atomic E-state index is 13.5. The van der Waals surface area contributed by atoms with E-state index in [4.69, 9.17) is 0 Å². The highest BCUT2D eigenvalue weighted by Gasteiger charge is 2.31. The molecule has 0 saturated carbocycles. The van der Waals surface area contributed by atoms with E-state index >= 15 is 0 Å². The van der Waals surface area contributed by atoms with Crippen molar-refractivity contribution in [2.75, 3.05) is 11.1 Å². The molecule has 0 aliphatic carbocycles. The number of hydrogen-bond acceptors (Lipinski definition) is 4. The maximum Gasteiger partial charge on any atom is 0.178 e. The Morgan fingerprint density at radius 2 is 2.19 bits per heavy atom. The summed E-state index contributed by atoms with van der Waals surface area (Å²) in [6.45, 7) is 1.87. The van der Waals surface area contributed by atoms with Gasteiger partial charge >= 0.3 is 0 Å². The minimum Gasteiger partial charge on any atom is -0.375 e. The standard InChI is InChI=1S/C14H16FN3O2S/c1-9-13(8-18(2)17-9)16-12-5-6-21(19,20)14-4-3-10(15)7-11(12)14/h3-4,7-8,12,16H,5-6H2,1-2H3. The predicted molar refractivity (Wildman–Crippen MR) is 77.4 cm³/mol. The number of halogens is 1. The largest absolute Gasteiger partial charge is 0.375 e. The molecule has 1 aromatic carbocycles. The summed E-state index contributed by atoms with van der Waals surface area (Å²) in [6.07, 6.45) is 2.24. The summed E-state index contributed by atoms with van der Waals surface area (Å²) in [6, 6.07) is 3.61. The summed E-state index contributed by atoms with van der Waals surface area (Å²) in [5.74, 6) is -0.372. The molecule has 0 radical (unpaired) electrons. The molecule has 5 nitrogen and oxygen atoms in total. The first-order valence-corrected chi connectivity index (χ1v) is 8.31. The third-order valence-corrected chi connectivity index (χ3v) is 5.52. The highest BCUT2D eigenvalue weighted by Crippen LogP contribution is 2.35. The van der Waals surface area contributed by atoms with Gasteiger partial charge in [-0.15, -0.1) is 0 Å². The van der Waals surface area contributed by atoms with Crippen molar-refractivity contribution in [2.45, 2.75) is 24.3 Å². The molecule has 112 valence electrons. The molecule has 1 atom stereocenters. The quantitative estimate of drug-likeness (QED) is 0.864. The number of aryl methyl sites for hydroxylation is 2. The Morgan fingerprint density at radius 1 is 1.43 bits per heavy atom. The highest BCUT2D eigenvalue weighted by atomic mass is 32.2. The van der Waals surface area contributed by atoms with E-state index in [1.54, 1.807) is 4.68 Å². The van der Waals surface area contributed by atoms with Crippen molar-refractivity contribution in [3.8, 4) is 0 Å². The van der Waals surface area contributed by atoms with Crippen LogP contribution in [0.3, 0.4) is 0 Å². The summed E-state index contributed by atoms with van der Waals surface area (Å²) in [7, 11) is -1.50. The molecule has 7 heteroatoms. The predicted octanol–water partition coefficient (Wildman–Crippen LogP) is 2.20. The molecule has 0 bridgehead atoms. The van der Waals surface area contributed by atoms with Gasteiger partial charge in [-0.2, -0.15) is 5.10 Å². The van der Waals surface area contributed by atoms with Gasteiger partial charge in [-0.3, -0.25) is 4.68 Å². The molecule has 1 aliphatic heterocycles. The third kappa shape index (κ3) is 2.53. The van der Waals surface area contributed by atoms with E-state index in [-0.39, 0.29) is 16.7 Å². The fraction of sp³-hybridized carbons (Fsp3) is 0.357. The van der Waals surface area contributed by atoms with Gasteiger partial charge in [0.2, 0.25) is 0 Å². The maximum absolute atomic E-state index is 13.5. The number of aromatic nitrogens is 2. The lowest BCUT2D eigenvalue weighted by atomic mass is 10.0. The van der Waals surface area contributed by atoms with E-state index in [2.05, 4.69) is 10.4 Å². The number of hydrogen-bond donors (Lipinski definition) is 1. The van der Waals surface area contributed by atoms with Crippen LogP contribution in [0, 0.1) is 12.7 Å². The van der Waals surface area contributed by atoms with Gasteiger partial charge in [0.15, 0.2) is 9.84 Å². The molecule has 21 heavy (non-hydrogen) atoms. The van der Waals surface area contributed by atoms with Gasteiger partial charge < -0.3 is 5.32 Å². The van der Waals surface area contributed by atoms with Crippen LogP contribution in [0.2, 0.25) is 0 Å². The number of fused-ring (bicyclic) bond motifs is 1. The average Bonchev–Trinajstić information content (AvgIpc) is 2.71. The SMILES string of the molecule is Cc1nn(C)cc1NC1CCS(=O)(=O)c2ccc(F)cc21. The Morgan fingerprint density at radius 3 is 2.86 bits per heavy atom. The Kier molecular flexibility index (Phi) is 3.24. The van der Waals surface area contributed by atoms with Crippen LogP contribution in [0.15, 0.2) is 29.3 Å². The van der Waals surface area contributed by atoms with Gasteiger partial charge in [0, 0.05) is 13.2 Å². The van der Waals surface area contributed by atoms with Gasteiger partial charge in [0.05, 0.1) is 28.1 Å². The summed E-state index contributed by atoms with van der Waals surface area (Å²) in [5, 5.41) is 7.52. The molecule has 1 aliphatic rings. The molecular weight excluding hydrogens is 293 g/mol.